The van der Waals surface area contributed by atoms with Crippen LogP contribution in [0.15, 0.2) is 60.9 Å². The van der Waals surface area contributed by atoms with Crippen LogP contribution in [0.3, 0.4) is 0 Å². The minimum atomic E-state index is -0.467. The van der Waals surface area contributed by atoms with Crippen LogP contribution in [0.5, 0.6) is 0 Å². The van der Waals surface area contributed by atoms with Crippen LogP contribution in [-0.4, -0.2) is 27.0 Å². The quantitative estimate of drug-likeness (QED) is 0.400. The Bertz CT molecular complexity index is 1150. The molecule has 140 valence electrons. The molecule has 4 N–H and O–H groups in total. The second-order valence-corrected chi connectivity index (χ2v) is 6.64. The van der Waals surface area contributed by atoms with E-state index in [-0.39, 0.29) is 12.3 Å². The number of fused-ring (bicyclic) bond motifs is 1. The fourth-order valence-corrected chi connectivity index (χ4v) is 3.11. The number of H-pyrrole nitrogens is 2. The van der Waals surface area contributed by atoms with Gasteiger partial charge in [0.15, 0.2) is 0 Å². The van der Waals surface area contributed by atoms with Gasteiger partial charge < -0.3 is 4.98 Å². The van der Waals surface area contributed by atoms with Gasteiger partial charge in [-0.3, -0.25) is 25.5 Å². The number of carbonyl (C=O) groups is 2. The van der Waals surface area contributed by atoms with Crippen molar-refractivity contribution in [2.24, 2.45) is 0 Å². The third-order valence-electron chi connectivity index (χ3n) is 4.36. The van der Waals surface area contributed by atoms with Crippen molar-refractivity contribution in [1.29, 1.82) is 0 Å². The molecule has 0 aliphatic heterocycles. The second-order valence-electron chi connectivity index (χ2n) is 6.20. The van der Waals surface area contributed by atoms with E-state index in [0.717, 1.165) is 22.0 Å². The molecule has 4 rings (SSSR count). The predicted molar refractivity (Wildman–Crippen MR) is 107 cm³/mol. The van der Waals surface area contributed by atoms with Crippen LogP contribution in [-0.2, 0) is 11.2 Å². The molecule has 0 aliphatic carbocycles. The van der Waals surface area contributed by atoms with Crippen LogP contribution in [0.25, 0.3) is 22.2 Å². The number of halogens is 1. The van der Waals surface area contributed by atoms with Crippen LogP contribution in [0.4, 0.5) is 0 Å². The summed E-state index contributed by atoms with van der Waals surface area (Å²) in [5.74, 6) is -0.791. The summed E-state index contributed by atoms with van der Waals surface area (Å²) >= 11 is 5.90. The molecule has 0 atom stereocenters. The lowest BCUT2D eigenvalue weighted by Crippen LogP contribution is -2.42. The van der Waals surface area contributed by atoms with Crippen molar-refractivity contribution in [3.63, 3.8) is 0 Å². The fourth-order valence-electron chi connectivity index (χ4n) is 2.98. The van der Waals surface area contributed by atoms with Gasteiger partial charge in [0.1, 0.15) is 0 Å². The molecule has 2 aromatic carbocycles. The molecule has 0 spiro atoms. The van der Waals surface area contributed by atoms with Crippen LogP contribution in [0.1, 0.15) is 15.9 Å². The molecule has 0 bridgehead atoms. The van der Waals surface area contributed by atoms with Crippen molar-refractivity contribution in [3.8, 4) is 11.3 Å². The first-order chi connectivity index (χ1) is 13.6. The fraction of sp³-hybridized carbons (Fsp3) is 0.0500. The normalized spacial score (nSPS) is 10.8. The Morgan fingerprint density at radius 2 is 1.82 bits per heavy atom. The Labute approximate surface area is 165 Å². The molecular weight excluding hydrogens is 378 g/mol. The van der Waals surface area contributed by atoms with E-state index in [9.17, 15) is 9.59 Å². The van der Waals surface area contributed by atoms with Gasteiger partial charge in [0, 0.05) is 27.7 Å². The minimum Gasteiger partial charge on any atom is -0.361 e. The van der Waals surface area contributed by atoms with E-state index in [0.29, 0.717) is 16.3 Å². The van der Waals surface area contributed by atoms with E-state index in [1.54, 1.807) is 30.5 Å². The predicted octanol–water partition coefficient (Wildman–Crippen LogP) is 3.22. The van der Waals surface area contributed by atoms with Gasteiger partial charge >= 0.3 is 0 Å². The summed E-state index contributed by atoms with van der Waals surface area (Å²) in [6.45, 7) is 0. The maximum absolute atomic E-state index is 12.5. The number of hydrogen-bond acceptors (Lipinski definition) is 3. The Balaban J connectivity index is 1.41. The van der Waals surface area contributed by atoms with E-state index >= 15 is 0 Å². The lowest BCUT2D eigenvalue weighted by Gasteiger charge is -2.08. The van der Waals surface area contributed by atoms with Crippen LogP contribution in [0.2, 0.25) is 5.02 Å². The molecule has 2 aromatic heterocycles. The monoisotopic (exact) mass is 393 g/mol. The van der Waals surface area contributed by atoms with Gasteiger partial charge in [0.25, 0.3) is 5.91 Å². The molecule has 2 amide bonds. The third kappa shape index (κ3) is 3.60. The number of rotatable bonds is 4. The number of amides is 2. The molecule has 7 nitrogen and oxygen atoms in total. The maximum Gasteiger partial charge on any atom is 0.273 e. The molecule has 28 heavy (non-hydrogen) atoms. The Kier molecular flexibility index (Phi) is 4.82. The largest absolute Gasteiger partial charge is 0.361 e. The molecular formula is C20H16ClN5O2. The summed E-state index contributed by atoms with van der Waals surface area (Å²) in [5.41, 5.74) is 8.31. The summed E-state index contributed by atoms with van der Waals surface area (Å²) in [5, 5.41) is 8.30. The van der Waals surface area contributed by atoms with Crippen molar-refractivity contribution in [2.45, 2.75) is 6.42 Å². The van der Waals surface area contributed by atoms with Crippen LogP contribution < -0.4 is 10.9 Å². The average molecular weight is 394 g/mol. The lowest BCUT2D eigenvalue weighted by molar-refractivity contribution is -0.121. The maximum atomic E-state index is 12.5. The average Bonchev–Trinajstić information content (AvgIpc) is 3.35. The highest BCUT2D eigenvalue weighted by molar-refractivity contribution is 6.30. The van der Waals surface area contributed by atoms with Crippen molar-refractivity contribution >= 4 is 34.3 Å². The highest BCUT2D eigenvalue weighted by Gasteiger charge is 2.16. The molecule has 0 fully saturated rings. The van der Waals surface area contributed by atoms with Gasteiger partial charge in [-0.05, 0) is 23.8 Å². The van der Waals surface area contributed by atoms with Crippen molar-refractivity contribution in [2.75, 3.05) is 0 Å². The highest BCUT2D eigenvalue weighted by Crippen LogP contribution is 2.23. The van der Waals surface area contributed by atoms with Gasteiger partial charge in [-0.25, -0.2) is 0 Å². The number of hydrogen-bond donors (Lipinski definition) is 4. The Hall–Kier alpha value is -3.58. The SMILES string of the molecule is O=C(Cc1c[nH]c2ccccc12)NNC(=O)c1cn[nH]c1-c1ccc(Cl)cc1. The molecule has 8 heteroatoms. The van der Waals surface area contributed by atoms with Gasteiger partial charge in [0.2, 0.25) is 5.91 Å². The zero-order valence-electron chi connectivity index (χ0n) is 14.6. The Morgan fingerprint density at radius 1 is 1.04 bits per heavy atom. The van der Waals surface area contributed by atoms with Crippen molar-refractivity contribution in [3.05, 3.63) is 77.1 Å². The lowest BCUT2D eigenvalue weighted by atomic mass is 10.1. The topological polar surface area (TPSA) is 103 Å². The minimum absolute atomic E-state index is 0.139. The molecule has 2 heterocycles. The summed E-state index contributed by atoms with van der Waals surface area (Å²) in [6.07, 6.45) is 3.34. The first-order valence-electron chi connectivity index (χ1n) is 8.55. The smallest absolute Gasteiger partial charge is 0.273 e. The zero-order chi connectivity index (χ0) is 19.5. The van der Waals surface area contributed by atoms with E-state index in [4.69, 9.17) is 11.6 Å². The molecule has 0 saturated heterocycles. The van der Waals surface area contributed by atoms with E-state index in [1.807, 2.05) is 24.3 Å². The Morgan fingerprint density at radius 3 is 2.64 bits per heavy atom. The first-order valence-corrected chi connectivity index (χ1v) is 8.93. The molecule has 0 aliphatic rings. The standard InChI is InChI=1S/C20H16ClN5O2/c21-14-7-5-12(6-8-14)19-16(11-23-25-19)20(28)26-24-18(27)9-13-10-22-17-4-2-1-3-15(13)17/h1-8,10-11,22H,9H2,(H,23,25)(H,24,27)(H,26,28). The summed E-state index contributed by atoms with van der Waals surface area (Å²) < 4.78 is 0. The highest BCUT2D eigenvalue weighted by atomic mass is 35.5. The van der Waals surface area contributed by atoms with Gasteiger partial charge in [-0.2, -0.15) is 5.10 Å². The number of nitrogens with one attached hydrogen (secondary N) is 4. The first kappa shape index (κ1) is 17.8. The summed E-state index contributed by atoms with van der Waals surface area (Å²) in [7, 11) is 0. The number of carbonyl (C=O) groups excluding carboxylic acids is 2. The van der Waals surface area contributed by atoms with E-state index < -0.39 is 5.91 Å². The number of nitrogens with zero attached hydrogens (tertiary/aromatic N) is 1. The zero-order valence-corrected chi connectivity index (χ0v) is 15.4. The molecule has 0 saturated carbocycles. The second kappa shape index (κ2) is 7.58. The van der Waals surface area contributed by atoms with Gasteiger partial charge in [0.05, 0.1) is 23.9 Å². The van der Waals surface area contributed by atoms with Gasteiger partial charge in [-0.1, -0.05) is 41.9 Å². The molecule has 0 unspecified atom stereocenters. The van der Waals surface area contributed by atoms with E-state index in [1.165, 1.54) is 6.20 Å². The van der Waals surface area contributed by atoms with E-state index in [2.05, 4.69) is 26.0 Å². The number of para-hydroxylation sites is 1. The van der Waals surface area contributed by atoms with Gasteiger partial charge in [-0.15, -0.1) is 0 Å². The summed E-state index contributed by atoms with van der Waals surface area (Å²) in [6, 6.07) is 14.7. The summed E-state index contributed by atoms with van der Waals surface area (Å²) in [4.78, 5) is 27.8. The number of benzene rings is 2. The van der Waals surface area contributed by atoms with Crippen LogP contribution in [0, 0.1) is 0 Å². The van der Waals surface area contributed by atoms with Crippen LogP contribution >= 0.6 is 11.6 Å². The molecule has 0 radical (unpaired) electrons. The number of hydrazine groups is 1. The number of aromatic amines is 2. The molecule has 4 aromatic rings. The van der Waals surface area contributed by atoms with Crippen molar-refractivity contribution in [1.82, 2.24) is 26.0 Å². The van der Waals surface area contributed by atoms with Crippen molar-refractivity contribution < 1.29 is 9.59 Å². The number of aromatic nitrogens is 3. The third-order valence-corrected chi connectivity index (χ3v) is 4.61.